The second-order valence-electron chi connectivity index (χ2n) is 5.26. The van der Waals surface area contributed by atoms with E-state index in [9.17, 15) is 4.79 Å². The zero-order chi connectivity index (χ0) is 16.1. The van der Waals surface area contributed by atoms with E-state index < -0.39 is 0 Å². The highest BCUT2D eigenvalue weighted by Crippen LogP contribution is 2.22. The molecule has 0 saturated carbocycles. The van der Waals surface area contributed by atoms with Gasteiger partial charge in [-0.3, -0.25) is 4.79 Å². The molecular weight excluding hydrogens is 332 g/mol. The van der Waals surface area contributed by atoms with E-state index in [-0.39, 0.29) is 12.0 Å². The predicted octanol–water partition coefficient (Wildman–Crippen LogP) is 3.55. The maximum atomic E-state index is 12.3. The first-order valence-corrected chi connectivity index (χ1v) is 8.98. The lowest BCUT2D eigenvalue weighted by atomic mass is 10.2. The quantitative estimate of drug-likeness (QED) is 0.897. The van der Waals surface area contributed by atoms with Crippen LogP contribution in [-0.2, 0) is 6.54 Å². The molecule has 23 heavy (non-hydrogen) atoms. The maximum Gasteiger partial charge on any atom is 0.251 e. The van der Waals surface area contributed by atoms with Crippen LogP contribution in [0.1, 0.15) is 22.3 Å². The number of carbonyl (C=O) groups is 1. The van der Waals surface area contributed by atoms with E-state index in [0.29, 0.717) is 23.0 Å². The molecule has 1 saturated heterocycles. The van der Waals surface area contributed by atoms with Crippen molar-refractivity contribution in [1.82, 2.24) is 10.3 Å². The number of aromatic nitrogens is 1. The fourth-order valence-corrected chi connectivity index (χ4v) is 3.61. The van der Waals surface area contributed by atoms with Gasteiger partial charge in [-0.25, -0.2) is 4.98 Å². The molecule has 0 bridgehead atoms. The largest absolute Gasteiger partial charge is 0.473 e. The molecule has 2 aromatic rings. The molecule has 0 spiro atoms. The Hall–Kier alpha value is -1.72. The van der Waals surface area contributed by atoms with Gasteiger partial charge < -0.3 is 10.1 Å². The van der Waals surface area contributed by atoms with Crippen molar-refractivity contribution in [1.29, 1.82) is 0 Å². The predicted molar refractivity (Wildman–Crippen MR) is 93.2 cm³/mol. The van der Waals surface area contributed by atoms with Crippen LogP contribution >= 0.6 is 23.4 Å². The van der Waals surface area contributed by atoms with Crippen molar-refractivity contribution in [3.05, 3.63) is 58.7 Å². The van der Waals surface area contributed by atoms with Gasteiger partial charge in [0.2, 0.25) is 5.88 Å². The Labute approximate surface area is 144 Å². The Morgan fingerprint density at radius 3 is 3.04 bits per heavy atom. The molecule has 1 aliphatic rings. The third-order valence-electron chi connectivity index (χ3n) is 3.57. The minimum absolute atomic E-state index is 0.169. The van der Waals surface area contributed by atoms with Gasteiger partial charge in [-0.1, -0.05) is 29.8 Å². The molecule has 0 radical (unpaired) electrons. The molecule has 1 fully saturated rings. The Kier molecular flexibility index (Phi) is 5.41. The second-order valence-corrected chi connectivity index (χ2v) is 6.82. The minimum Gasteiger partial charge on any atom is -0.473 e. The van der Waals surface area contributed by atoms with Crippen LogP contribution in [0.2, 0.25) is 5.02 Å². The molecule has 2 heterocycles. The molecule has 0 aliphatic carbocycles. The average Bonchev–Trinajstić information content (AvgIpc) is 3.07. The summed E-state index contributed by atoms with van der Waals surface area (Å²) in [5.41, 5.74) is 1.42. The van der Waals surface area contributed by atoms with Crippen molar-refractivity contribution in [2.75, 3.05) is 11.5 Å². The molecule has 1 unspecified atom stereocenters. The summed E-state index contributed by atoms with van der Waals surface area (Å²) in [4.78, 5) is 16.5. The lowest BCUT2D eigenvalue weighted by Crippen LogP contribution is -2.23. The molecule has 1 aliphatic heterocycles. The number of halogens is 1. The number of pyridine rings is 1. The fraction of sp³-hybridized carbons (Fsp3) is 0.294. The SMILES string of the molecule is O=C(NCc1ccccc1Cl)c1ccnc(OC2CCSC2)c1. The summed E-state index contributed by atoms with van der Waals surface area (Å²) < 4.78 is 5.81. The lowest BCUT2D eigenvalue weighted by Gasteiger charge is -2.12. The van der Waals surface area contributed by atoms with Gasteiger partial charge in [0.15, 0.2) is 0 Å². The zero-order valence-corrected chi connectivity index (χ0v) is 14.1. The maximum absolute atomic E-state index is 12.3. The first-order chi connectivity index (χ1) is 11.2. The Bertz CT molecular complexity index is 690. The van der Waals surface area contributed by atoms with Crippen molar-refractivity contribution >= 4 is 29.3 Å². The van der Waals surface area contributed by atoms with Crippen LogP contribution in [0.5, 0.6) is 5.88 Å². The van der Waals surface area contributed by atoms with Gasteiger partial charge in [0.1, 0.15) is 6.10 Å². The van der Waals surface area contributed by atoms with E-state index in [1.165, 1.54) is 0 Å². The highest BCUT2D eigenvalue weighted by Gasteiger charge is 2.18. The summed E-state index contributed by atoms with van der Waals surface area (Å²) in [5, 5.41) is 3.51. The molecule has 4 nitrogen and oxygen atoms in total. The Morgan fingerprint density at radius 1 is 1.39 bits per heavy atom. The number of amides is 1. The van der Waals surface area contributed by atoms with E-state index in [1.807, 2.05) is 30.0 Å². The Balaban J connectivity index is 1.61. The number of carbonyl (C=O) groups excluding carboxylic acids is 1. The standard InChI is InChI=1S/C17H17ClN2O2S/c18-15-4-2-1-3-13(15)10-20-17(21)12-5-7-19-16(9-12)22-14-6-8-23-11-14/h1-5,7,9,14H,6,8,10-11H2,(H,20,21). The highest BCUT2D eigenvalue weighted by atomic mass is 35.5. The average molecular weight is 349 g/mol. The molecule has 120 valence electrons. The van der Waals surface area contributed by atoms with Crippen LogP contribution < -0.4 is 10.1 Å². The van der Waals surface area contributed by atoms with Crippen molar-refractivity contribution in [2.24, 2.45) is 0 Å². The lowest BCUT2D eigenvalue weighted by molar-refractivity contribution is 0.0950. The van der Waals surface area contributed by atoms with Crippen LogP contribution in [-0.4, -0.2) is 28.5 Å². The number of nitrogens with one attached hydrogen (secondary N) is 1. The summed E-state index contributed by atoms with van der Waals surface area (Å²) in [6, 6.07) is 10.8. The van der Waals surface area contributed by atoms with Gasteiger partial charge in [-0.2, -0.15) is 11.8 Å². The monoisotopic (exact) mass is 348 g/mol. The summed E-state index contributed by atoms with van der Waals surface area (Å²) >= 11 is 7.97. The molecule has 1 N–H and O–H groups in total. The summed E-state index contributed by atoms with van der Waals surface area (Å²) in [6.45, 7) is 0.385. The topological polar surface area (TPSA) is 51.2 Å². The van der Waals surface area contributed by atoms with Crippen molar-refractivity contribution in [3.63, 3.8) is 0 Å². The molecule has 1 aromatic heterocycles. The van der Waals surface area contributed by atoms with E-state index >= 15 is 0 Å². The number of thioether (sulfide) groups is 1. The first kappa shape index (κ1) is 16.1. The van der Waals surface area contributed by atoms with E-state index in [4.69, 9.17) is 16.3 Å². The third-order valence-corrected chi connectivity index (χ3v) is 5.07. The third kappa shape index (κ3) is 4.39. The van der Waals surface area contributed by atoms with E-state index in [0.717, 1.165) is 23.5 Å². The molecule has 3 rings (SSSR count). The molecular formula is C17H17ClN2O2S. The number of hydrogen-bond acceptors (Lipinski definition) is 4. The first-order valence-electron chi connectivity index (χ1n) is 7.44. The highest BCUT2D eigenvalue weighted by molar-refractivity contribution is 7.99. The summed E-state index contributed by atoms with van der Waals surface area (Å²) in [5.74, 6) is 2.42. The van der Waals surface area contributed by atoms with Crippen molar-refractivity contribution < 1.29 is 9.53 Å². The van der Waals surface area contributed by atoms with Gasteiger partial charge in [0.05, 0.1) is 0 Å². The second kappa shape index (κ2) is 7.70. The fourth-order valence-electron chi connectivity index (χ4n) is 2.31. The van der Waals surface area contributed by atoms with Crippen LogP contribution in [0.3, 0.4) is 0 Å². The zero-order valence-electron chi connectivity index (χ0n) is 12.5. The summed E-state index contributed by atoms with van der Waals surface area (Å²) in [7, 11) is 0. The van der Waals surface area contributed by atoms with Crippen LogP contribution in [0, 0.1) is 0 Å². The molecule has 6 heteroatoms. The van der Waals surface area contributed by atoms with Gasteiger partial charge in [-0.05, 0) is 29.9 Å². The number of ether oxygens (including phenoxy) is 1. The van der Waals surface area contributed by atoms with Gasteiger partial charge in [-0.15, -0.1) is 0 Å². The van der Waals surface area contributed by atoms with Gasteiger partial charge in [0, 0.05) is 35.1 Å². The minimum atomic E-state index is -0.169. The molecule has 1 amide bonds. The van der Waals surface area contributed by atoms with Crippen molar-refractivity contribution in [2.45, 2.75) is 19.1 Å². The van der Waals surface area contributed by atoms with Crippen LogP contribution in [0.4, 0.5) is 0 Å². The normalized spacial score (nSPS) is 17.0. The van der Waals surface area contributed by atoms with Gasteiger partial charge in [0.25, 0.3) is 5.91 Å². The molecule has 1 atom stereocenters. The number of nitrogens with zero attached hydrogens (tertiary/aromatic N) is 1. The summed E-state index contributed by atoms with van der Waals surface area (Å²) in [6.07, 6.45) is 2.81. The number of rotatable bonds is 5. The Morgan fingerprint density at radius 2 is 2.26 bits per heavy atom. The van der Waals surface area contributed by atoms with Gasteiger partial charge >= 0.3 is 0 Å². The van der Waals surface area contributed by atoms with E-state index in [1.54, 1.807) is 24.4 Å². The van der Waals surface area contributed by atoms with E-state index in [2.05, 4.69) is 10.3 Å². The van der Waals surface area contributed by atoms with Crippen molar-refractivity contribution in [3.8, 4) is 5.88 Å². The molecule has 1 aromatic carbocycles. The number of hydrogen-bond donors (Lipinski definition) is 1. The smallest absolute Gasteiger partial charge is 0.251 e. The van der Waals surface area contributed by atoms with Crippen LogP contribution in [0.15, 0.2) is 42.6 Å². The number of benzene rings is 1. The van der Waals surface area contributed by atoms with Crippen LogP contribution in [0.25, 0.3) is 0 Å².